The number of anilines is 1. The number of rotatable bonds is 10. The number of carbonyl (C=O) groups is 4. The highest BCUT2D eigenvalue weighted by Crippen LogP contribution is 2.51. The molecule has 0 fully saturated rings. The Morgan fingerprint density at radius 2 is 1.40 bits per heavy atom. The van der Waals surface area contributed by atoms with Crippen LogP contribution >= 0.6 is 0 Å². The maximum atomic E-state index is 11.8. The number of hydrogen-bond acceptors (Lipinski definition) is 8. The third-order valence-electron chi connectivity index (χ3n) is 9.46. The average molecular weight is 678 g/mol. The normalized spacial score (nSPS) is 18.4. The largest absolute Gasteiger partial charge is 0.507 e. The fourth-order valence-electron chi connectivity index (χ4n) is 6.86. The summed E-state index contributed by atoms with van der Waals surface area (Å²) in [6.07, 6.45) is 2.61. The van der Waals surface area contributed by atoms with E-state index in [1.807, 2.05) is 39.8 Å². The van der Waals surface area contributed by atoms with Crippen LogP contribution in [0.25, 0.3) is 0 Å². The summed E-state index contributed by atoms with van der Waals surface area (Å²) < 4.78 is 1.71. The van der Waals surface area contributed by atoms with Crippen molar-refractivity contribution in [2.75, 3.05) is 18.0 Å². The number of aromatic carboxylic acids is 2. The summed E-state index contributed by atoms with van der Waals surface area (Å²) in [5.41, 5.74) is 1.64. The number of hydrogen-bond donors (Lipinski definition) is 5. The highest BCUT2D eigenvalue weighted by atomic mass is 16.4. The molecular weight excluding hydrogens is 644 g/mol. The Labute approximate surface area is 286 Å². The lowest BCUT2D eigenvalue weighted by Gasteiger charge is -2.31. The third kappa shape index (κ3) is 5.69. The van der Waals surface area contributed by atoms with Gasteiger partial charge in [0, 0.05) is 57.8 Å². The quantitative estimate of drug-likeness (QED) is 0.162. The van der Waals surface area contributed by atoms with E-state index in [0.29, 0.717) is 33.9 Å². The molecule has 254 valence electrons. The summed E-state index contributed by atoms with van der Waals surface area (Å²) in [6, 6.07) is 12.8. The number of aliphatic hydroxyl groups is 1. The minimum absolute atomic E-state index is 0.00437. The molecule has 2 aliphatic heterocycles. The van der Waals surface area contributed by atoms with E-state index < -0.39 is 34.7 Å². The van der Waals surface area contributed by atoms with Crippen LogP contribution in [0.2, 0.25) is 0 Å². The first-order valence-electron chi connectivity index (χ1n) is 15.5. The lowest BCUT2D eigenvalue weighted by Crippen LogP contribution is -2.31. The van der Waals surface area contributed by atoms with Gasteiger partial charge < -0.3 is 30.4 Å². The van der Waals surface area contributed by atoms with Gasteiger partial charge in [-0.2, -0.15) is 15.1 Å². The van der Waals surface area contributed by atoms with E-state index in [-0.39, 0.29) is 65.1 Å². The standard InChI is InChI=1S/C37H32N4O9/c1-36(2)24-13-19(34(47)48)5-7-26(24)40(11-9-30(42)43)28(36)15-22-32(21(17-38)18-39)23(33(22)46)16-29-37(3,4)25-14-20(35(49)50)6-8-27(25)41(29)12-10-31(44)45/h5-8,13-16H,9-12H2,1-4H3,(H4-,42,43,44,45,46,47,48,49,50)/p+1. The Kier molecular flexibility index (Phi) is 8.73. The van der Waals surface area contributed by atoms with Gasteiger partial charge in [0.25, 0.3) is 0 Å². The fraction of sp³-hybridized carbons (Fsp3) is 0.270. The summed E-state index contributed by atoms with van der Waals surface area (Å²) in [6.45, 7) is 7.27. The molecule has 0 bridgehead atoms. The van der Waals surface area contributed by atoms with Crippen molar-refractivity contribution in [1.29, 1.82) is 10.5 Å². The summed E-state index contributed by atoms with van der Waals surface area (Å²) in [5.74, 6) is -4.70. The minimum Gasteiger partial charge on any atom is -0.507 e. The molecule has 3 aliphatic rings. The van der Waals surface area contributed by atoms with Crippen molar-refractivity contribution in [3.05, 3.63) is 105 Å². The molecule has 5 rings (SSSR count). The molecule has 0 aromatic heterocycles. The van der Waals surface area contributed by atoms with Gasteiger partial charge in [0.2, 0.25) is 5.69 Å². The van der Waals surface area contributed by atoms with E-state index in [9.17, 15) is 55.2 Å². The van der Waals surface area contributed by atoms with Crippen LogP contribution in [0.4, 0.5) is 11.4 Å². The van der Waals surface area contributed by atoms with Gasteiger partial charge in [0.05, 0.1) is 23.0 Å². The van der Waals surface area contributed by atoms with E-state index in [1.165, 1.54) is 24.3 Å². The van der Waals surface area contributed by atoms with Crippen molar-refractivity contribution >= 4 is 41.0 Å². The predicted molar refractivity (Wildman–Crippen MR) is 179 cm³/mol. The van der Waals surface area contributed by atoms with Crippen LogP contribution < -0.4 is 4.90 Å². The van der Waals surface area contributed by atoms with Gasteiger partial charge >= 0.3 is 23.9 Å². The van der Waals surface area contributed by atoms with Crippen LogP contribution in [0, 0.1) is 22.7 Å². The van der Waals surface area contributed by atoms with Crippen LogP contribution in [0.3, 0.4) is 0 Å². The monoisotopic (exact) mass is 677 g/mol. The number of fused-ring (bicyclic) bond motifs is 2. The van der Waals surface area contributed by atoms with Crippen LogP contribution in [-0.2, 0) is 20.4 Å². The predicted octanol–water partition coefficient (Wildman–Crippen LogP) is 5.19. The van der Waals surface area contributed by atoms with Crippen LogP contribution in [0.15, 0.2) is 82.3 Å². The zero-order valence-corrected chi connectivity index (χ0v) is 27.6. The van der Waals surface area contributed by atoms with Crippen molar-refractivity contribution in [2.45, 2.75) is 51.4 Å². The van der Waals surface area contributed by atoms with Crippen molar-refractivity contribution in [3.63, 3.8) is 0 Å². The number of carboxylic acid groups (broad SMARTS) is 4. The Morgan fingerprint density at radius 3 is 1.96 bits per heavy atom. The molecule has 2 aromatic carbocycles. The molecule has 1 aliphatic carbocycles. The molecule has 0 amide bonds. The van der Waals surface area contributed by atoms with Gasteiger partial charge in [0.15, 0.2) is 12.3 Å². The molecule has 50 heavy (non-hydrogen) atoms. The molecule has 13 nitrogen and oxygen atoms in total. The molecule has 0 atom stereocenters. The van der Waals surface area contributed by atoms with Crippen molar-refractivity contribution in [2.24, 2.45) is 0 Å². The molecule has 0 spiro atoms. The second kappa shape index (κ2) is 12.5. The first kappa shape index (κ1) is 34.9. The molecule has 5 N–H and O–H groups in total. The lowest BCUT2D eigenvalue weighted by molar-refractivity contribution is -0.436. The van der Waals surface area contributed by atoms with E-state index >= 15 is 0 Å². The molecule has 2 aromatic rings. The van der Waals surface area contributed by atoms with Crippen molar-refractivity contribution in [3.8, 4) is 12.1 Å². The van der Waals surface area contributed by atoms with E-state index in [1.54, 1.807) is 33.8 Å². The molecule has 0 saturated heterocycles. The first-order chi connectivity index (χ1) is 23.4. The summed E-state index contributed by atoms with van der Waals surface area (Å²) in [5, 5.41) is 69.9. The number of aliphatic carboxylic acids is 2. The van der Waals surface area contributed by atoms with Gasteiger partial charge in [-0.05, 0) is 55.8 Å². The average Bonchev–Trinajstić information content (AvgIpc) is 3.40. The SMILES string of the molecule is CC1(C)C(/C=C2C(O)=C(/C=C3\N(CCC(=O)O)c4ccc(C(=O)O)cc4C3(C)C)C\2=C(C#N)C#N)=[N+](CCC(=O)O)c2ccc(C(=O)O)cc21. The Morgan fingerprint density at radius 1 is 0.820 bits per heavy atom. The van der Waals surface area contributed by atoms with Crippen LogP contribution in [-0.4, -0.2) is 72.8 Å². The Hall–Kier alpha value is -6.47. The van der Waals surface area contributed by atoms with Crippen LogP contribution in [0.5, 0.6) is 0 Å². The number of nitriles is 2. The van der Waals surface area contributed by atoms with Gasteiger partial charge in [-0.1, -0.05) is 13.8 Å². The summed E-state index contributed by atoms with van der Waals surface area (Å²) in [7, 11) is 0. The van der Waals surface area contributed by atoms with Crippen molar-refractivity contribution in [1.82, 2.24) is 0 Å². The van der Waals surface area contributed by atoms with Crippen molar-refractivity contribution < 1.29 is 49.3 Å². The molecular formula is C37H33N4O9+. The summed E-state index contributed by atoms with van der Waals surface area (Å²) >= 11 is 0. The highest BCUT2D eigenvalue weighted by Gasteiger charge is 2.47. The number of nitrogens with zero attached hydrogens (tertiary/aromatic N) is 4. The van der Waals surface area contributed by atoms with E-state index in [2.05, 4.69) is 0 Å². The third-order valence-corrected chi connectivity index (χ3v) is 9.46. The lowest BCUT2D eigenvalue weighted by atomic mass is 9.74. The van der Waals surface area contributed by atoms with E-state index in [0.717, 1.165) is 0 Å². The minimum atomic E-state index is -1.14. The van der Waals surface area contributed by atoms with Gasteiger partial charge in [-0.25, -0.2) is 9.59 Å². The second-order valence-electron chi connectivity index (χ2n) is 13.1. The van der Waals surface area contributed by atoms with Gasteiger partial charge in [-0.15, -0.1) is 0 Å². The zero-order chi connectivity index (χ0) is 36.9. The molecule has 0 radical (unpaired) electrons. The molecule has 0 saturated carbocycles. The van der Waals surface area contributed by atoms with Gasteiger partial charge in [-0.3, -0.25) is 9.59 Å². The fourth-order valence-corrected chi connectivity index (χ4v) is 6.86. The topological polar surface area (TPSA) is 223 Å². The van der Waals surface area contributed by atoms with E-state index in [4.69, 9.17) is 0 Å². The summed E-state index contributed by atoms with van der Waals surface area (Å²) in [4.78, 5) is 48.6. The Balaban J connectivity index is 1.73. The number of carboxylic acids is 4. The molecule has 13 heteroatoms. The second-order valence-corrected chi connectivity index (χ2v) is 13.1. The highest BCUT2D eigenvalue weighted by molar-refractivity contribution is 6.06. The van der Waals surface area contributed by atoms with Crippen LogP contribution in [0.1, 0.15) is 72.4 Å². The molecule has 0 unspecified atom stereocenters. The Bertz CT molecular complexity index is 2150. The number of allylic oxidation sites excluding steroid dienone is 6. The first-order valence-corrected chi connectivity index (χ1v) is 15.5. The number of benzene rings is 2. The maximum Gasteiger partial charge on any atom is 0.335 e. The van der Waals surface area contributed by atoms with Gasteiger partial charge in [0.1, 0.15) is 29.9 Å². The number of aliphatic hydroxyl groups excluding tert-OH is 1. The maximum absolute atomic E-state index is 11.8. The molecule has 2 heterocycles. The zero-order valence-electron chi connectivity index (χ0n) is 27.6. The smallest absolute Gasteiger partial charge is 0.335 e.